The zero-order valence-corrected chi connectivity index (χ0v) is 8.16. The topological polar surface area (TPSA) is 22.1 Å². The minimum absolute atomic E-state index is 0.327. The standard InChI is InChI=1S/C11H15NO/c1-8-5-6-9(2)13-10-4-3-7-12-11(8)10/h3-4,7-9H,5-6H2,1-2H3. The second-order valence-electron chi connectivity index (χ2n) is 3.79. The van der Waals surface area contributed by atoms with E-state index >= 15 is 0 Å². The fraction of sp³-hybridized carbons (Fsp3) is 0.545. The van der Waals surface area contributed by atoms with E-state index in [4.69, 9.17) is 4.74 Å². The second-order valence-corrected chi connectivity index (χ2v) is 3.79. The first-order valence-corrected chi connectivity index (χ1v) is 4.89. The molecule has 1 aliphatic heterocycles. The molecule has 1 aromatic heterocycles. The van der Waals surface area contributed by atoms with E-state index in [0.717, 1.165) is 17.9 Å². The molecule has 0 saturated heterocycles. The summed E-state index contributed by atoms with van der Waals surface area (Å²) in [5.74, 6) is 1.50. The summed E-state index contributed by atoms with van der Waals surface area (Å²) in [4.78, 5) is 4.37. The SMILES string of the molecule is CC1CCC(C)c2ncccc2O1. The lowest BCUT2D eigenvalue weighted by Crippen LogP contribution is -2.09. The number of aromatic nitrogens is 1. The third-order valence-corrected chi connectivity index (χ3v) is 2.60. The van der Waals surface area contributed by atoms with Gasteiger partial charge in [-0.15, -0.1) is 0 Å². The number of nitrogens with zero attached hydrogens (tertiary/aromatic N) is 1. The van der Waals surface area contributed by atoms with E-state index < -0.39 is 0 Å². The summed E-state index contributed by atoms with van der Waals surface area (Å²) >= 11 is 0. The lowest BCUT2D eigenvalue weighted by atomic mass is 10.0. The smallest absolute Gasteiger partial charge is 0.141 e. The molecule has 1 aromatic rings. The third-order valence-electron chi connectivity index (χ3n) is 2.60. The van der Waals surface area contributed by atoms with E-state index in [-0.39, 0.29) is 0 Å². The van der Waals surface area contributed by atoms with Gasteiger partial charge < -0.3 is 4.74 Å². The number of hydrogen-bond acceptors (Lipinski definition) is 2. The maximum absolute atomic E-state index is 5.76. The predicted octanol–water partition coefficient (Wildman–Crippen LogP) is 2.75. The zero-order valence-electron chi connectivity index (χ0n) is 8.16. The maximum Gasteiger partial charge on any atom is 0.141 e. The second kappa shape index (κ2) is 3.36. The molecule has 13 heavy (non-hydrogen) atoms. The Labute approximate surface area is 78.9 Å². The number of fused-ring (bicyclic) bond motifs is 1. The van der Waals surface area contributed by atoms with Gasteiger partial charge in [-0.2, -0.15) is 0 Å². The number of rotatable bonds is 0. The van der Waals surface area contributed by atoms with E-state index in [1.54, 1.807) is 0 Å². The highest BCUT2D eigenvalue weighted by atomic mass is 16.5. The Morgan fingerprint density at radius 1 is 1.38 bits per heavy atom. The number of ether oxygens (including phenoxy) is 1. The van der Waals surface area contributed by atoms with Crippen molar-refractivity contribution in [3.05, 3.63) is 24.0 Å². The van der Waals surface area contributed by atoms with Crippen LogP contribution in [0.2, 0.25) is 0 Å². The minimum atomic E-state index is 0.327. The molecule has 1 aliphatic rings. The van der Waals surface area contributed by atoms with Gasteiger partial charge in [0.2, 0.25) is 0 Å². The van der Waals surface area contributed by atoms with Crippen LogP contribution in [0.1, 0.15) is 38.3 Å². The van der Waals surface area contributed by atoms with Crippen molar-refractivity contribution < 1.29 is 4.74 Å². The lowest BCUT2D eigenvalue weighted by Gasteiger charge is -2.11. The van der Waals surface area contributed by atoms with Crippen LogP contribution in [-0.4, -0.2) is 11.1 Å². The molecular formula is C11H15NO. The average molecular weight is 177 g/mol. The normalized spacial score (nSPS) is 27.2. The Kier molecular flexibility index (Phi) is 2.21. The predicted molar refractivity (Wildman–Crippen MR) is 52.0 cm³/mol. The Hall–Kier alpha value is -1.05. The van der Waals surface area contributed by atoms with Gasteiger partial charge in [-0.1, -0.05) is 6.92 Å². The van der Waals surface area contributed by atoms with Gasteiger partial charge in [-0.05, 0) is 31.9 Å². The Bertz CT molecular complexity index is 298. The molecule has 0 radical (unpaired) electrons. The van der Waals surface area contributed by atoms with Gasteiger partial charge in [-0.25, -0.2) is 0 Å². The molecule has 0 bridgehead atoms. The molecule has 2 heterocycles. The van der Waals surface area contributed by atoms with Crippen LogP contribution < -0.4 is 4.74 Å². The highest BCUT2D eigenvalue weighted by Crippen LogP contribution is 2.32. The summed E-state index contributed by atoms with van der Waals surface area (Å²) < 4.78 is 5.76. The van der Waals surface area contributed by atoms with Crippen molar-refractivity contribution >= 4 is 0 Å². The molecule has 0 saturated carbocycles. The first-order chi connectivity index (χ1) is 6.27. The molecule has 0 fully saturated rings. The Balaban J connectivity index is 2.38. The van der Waals surface area contributed by atoms with Crippen molar-refractivity contribution in [2.75, 3.05) is 0 Å². The van der Waals surface area contributed by atoms with E-state index in [1.807, 2.05) is 18.3 Å². The maximum atomic E-state index is 5.76. The van der Waals surface area contributed by atoms with E-state index in [0.29, 0.717) is 12.0 Å². The lowest BCUT2D eigenvalue weighted by molar-refractivity contribution is 0.215. The van der Waals surface area contributed by atoms with Gasteiger partial charge in [-0.3, -0.25) is 4.98 Å². The Morgan fingerprint density at radius 3 is 3.08 bits per heavy atom. The molecule has 2 heteroatoms. The molecule has 2 rings (SSSR count). The van der Waals surface area contributed by atoms with E-state index in [1.165, 1.54) is 6.42 Å². The number of pyridine rings is 1. The number of hydrogen-bond donors (Lipinski definition) is 0. The fourth-order valence-electron chi connectivity index (χ4n) is 1.77. The van der Waals surface area contributed by atoms with Crippen LogP contribution in [0.25, 0.3) is 0 Å². The van der Waals surface area contributed by atoms with Gasteiger partial charge in [0, 0.05) is 12.1 Å². The summed E-state index contributed by atoms with van der Waals surface area (Å²) in [6, 6.07) is 3.95. The van der Waals surface area contributed by atoms with Crippen LogP contribution in [0.4, 0.5) is 0 Å². The fourth-order valence-corrected chi connectivity index (χ4v) is 1.77. The third kappa shape index (κ3) is 1.67. The van der Waals surface area contributed by atoms with Gasteiger partial charge >= 0.3 is 0 Å². The van der Waals surface area contributed by atoms with Crippen LogP contribution >= 0.6 is 0 Å². The van der Waals surface area contributed by atoms with Crippen LogP contribution in [0, 0.1) is 0 Å². The van der Waals surface area contributed by atoms with Crippen molar-refractivity contribution in [2.24, 2.45) is 0 Å². The Morgan fingerprint density at radius 2 is 2.23 bits per heavy atom. The summed E-state index contributed by atoms with van der Waals surface area (Å²) in [5.41, 5.74) is 1.12. The van der Waals surface area contributed by atoms with Crippen molar-refractivity contribution in [3.63, 3.8) is 0 Å². The van der Waals surface area contributed by atoms with Crippen molar-refractivity contribution in [3.8, 4) is 5.75 Å². The van der Waals surface area contributed by atoms with Gasteiger partial charge in [0.05, 0.1) is 11.8 Å². The molecule has 2 nitrogen and oxygen atoms in total. The highest BCUT2D eigenvalue weighted by Gasteiger charge is 2.19. The van der Waals surface area contributed by atoms with Crippen LogP contribution in [-0.2, 0) is 0 Å². The van der Waals surface area contributed by atoms with Crippen molar-refractivity contribution in [1.82, 2.24) is 4.98 Å². The summed E-state index contributed by atoms with van der Waals surface area (Å²) in [6.45, 7) is 4.34. The van der Waals surface area contributed by atoms with Gasteiger partial charge in [0.1, 0.15) is 5.75 Å². The molecule has 2 atom stereocenters. The van der Waals surface area contributed by atoms with E-state index in [9.17, 15) is 0 Å². The molecule has 0 N–H and O–H groups in total. The zero-order chi connectivity index (χ0) is 9.26. The van der Waals surface area contributed by atoms with Gasteiger partial charge in [0.15, 0.2) is 0 Å². The van der Waals surface area contributed by atoms with Crippen LogP contribution in [0.5, 0.6) is 5.75 Å². The summed E-state index contributed by atoms with van der Waals surface area (Å²) in [7, 11) is 0. The molecule has 70 valence electrons. The van der Waals surface area contributed by atoms with Crippen LogP contribution in [0.15, 0.2) is 18.3 Å². The monoisotopic (exact) mass is 177 g/mol. The molecule has 0 spiro atoms. The van der Waals surface area contributed by atoms with Crippen molar-refractivity contribution in [1.29, 1.82) is 0 Å². The van der Waals surface area contributed by atoms with Gasteiger partial charge in [0.25, 0.3) is 0 Å². The average Bonchev–Trinajstić information content (AvgIpc) is 2.27. The first kappa shape index (κ1) is 8.54. The molecule has 0 aromatic carbocycles. The molecule has 0 amide bonds. The minimum Gasteiger partial charge on any atom is -0.489 e. The molecule has 2 unspecified atom stereocenters. The van der Waals surface area contributed by atoms with E-state index in [2.05, 4.69) is 18.8 Å². The quantitative estimate of drug-likeness (QED) is 0.608. The summed E-state index contributed by atoms with van der Waals surface area (Å²) in [6.07, 6.45) is 4.46. The molecule has 0 aliphatic carbocycles. The van der Waals surface area contributed by atoms with Crippen molar-refractivity contribution in [2.45, 2.75) is 38.7 Å². The highest BCUT2D eigenvalue weighted by molar-refractivity contribution is 5.30. The molecular weight excluding hydrogens is 162 g/mol. The van der Waals surface area contributed by atoms with Crippen LogP contribution in [0.3, 0.4) is 0 Å². The summed E-state index contributed by atoms with van der Waals surface area (Å²) in [5, 5.41) is 0. The first-order valence-electron chi connectivity index (χ1n) is 4.89. The largest absolute Gasteiger partial charge is 0.489 e.